The van der Waals surface area contributed by atoms with Gasteiger partial charge < -0.3 is 14.8 Å². The van der Waals surface area contributed by atoms with E-state index in [9.17, 15) is 4.79 Å². The standard InChI is InChI=1S/C14H20ClNO3/c1-4-18-8-9-19-14(17)11(3)16-13-10(2)6-5-7-12(13)15/h5-7,11,16H,4,8-9H2,1-3H3. The summed E-state index contributed by atoms with van der Waals surface area (Å²) in [5.41, 5.74) is 1.75. The Labute approximate surface area is 119 Å². The number of para-hydroxylation sites is 1. The van der Waals surface area contributed by atoms with Crippen LogP contribution in [0, 0.1) is 6.92 Å². The van der Waals surface area contributed by atoms with Crippen molar-refractivity contribution >= 4 is 23.3 Å². The Morgan fingerprint density at radius 1 is 1.42 bits per heavy atom. The predicted octanol–water partition coefficient (Wildman–Crippen LogP) is 3.03. The maximum atomic E-state index is 11.7. The highest BCUT2D eigenvalue weighted by atomic mass is 35.5. The van der Waals surface area contributed by atoms with Crippen LogP contribution in [-0.4, -0.2) is 31.8 Å². The minimum atomic E-state index is -0.458. The molecular weight excluding hydrogens is 266 g/mol. The van der Waals surface area contributed by atoms with Gasteiger partial charge in [0.15, 0.2) is 0 Å². The molecule has 106 valence electrons. The summed E-state index contributed by atoms with van der Waals surface area (Å²) in [6.07, 6.45) is 0. The summed E-state index contributed by atoms with van der Waals surface area (Å²) < 4.78 is 10.2. The highest BCUT2D eigenvalue weighted by Crippen LogP contribution is 2.25. The lowest BCUT2D eigenvalue weighted by Crippen LogP contribution is -2.29. The fraction of sp³-hybridized carbons (Fsp3) is 0.500. The molecule has 0 heterocycles. The summed E-state index contributed by atoms with van der Waals surface area (Å²) >= 11 is 6.09. The van der Waals surface area contributed by atoms with E-state index in [0.717, 1.165) is 11.3 Å². The summed E-state index contributed by atoms with van der Waals surface area (Å²) in [5.74, 6) is -0.320. The van der Waals surface area contributed by atoms with Crippen molar-refractivity contribution in [1.29, 1.82) is 0 Å². The first-order valence-electron chi connectivity index (χ1n) is 6.32. The van der Waals surface area contributed by atoms with Gasteiger partial charge in [-0.15, -0.1) is 0 Å². The molecule has 0 aliphatic rings. The van der Waals surface area contributed by atoms with Crippen LogP contribution in [0.3, 0.4) is 0 Å². The number of nitrogens with one attached hydrogen (secondary N) is 1. The molecule has 0 bridgehead atoms. The van der Waals surface area contributed by atoms with Gasteiger partial charge in [-0.25, -0.2) is 4.79 Å². The third-order valence-corrected chi connectivity index (χ3v) is 2.93. The SMILES string of the molecule is CCOCCOC(=O)C(C)Nc1c(C)cccc1Cl. The average molecular weight is 286 g/mol. The molecule has 0 saturated heterocycles. The van der Waals surface area contributed by atoms with Crippen LogP contribution in [0.5, 0.6) is 0 Å². The van der Waals surface area contributed by atoms with Gasteiger partial charge in [-0.3, -0.25) is 0 Å². The van der Waals surface area contributed by atoms with Gasteiger partial charge in [-0.2, -0.15) is 0 Å². The largest absolute Gasteiger partial charge is 0.462 e. The zero-order chi connectivity index (χ0) is 14.3. The first-order valence-corrected chi connectivity index (χ1v) is 6.70. The molecular formula is C14H20ClNO3. The van der Waals surface area contributed by atoms with Crippen LogP contribution in [0.4, 0.5) is 5.69 Å². The second-order valence-electron chi connectivity index (χ2n) is 4.16. The second-order valence-corrected chi connectivity index (χ2v) is 4.57. The molecule has 1 unspecified atom stereocenters. The number of esters is 1. The number of anilines is 1. The Morgan fingerprint density at radius 2 is 2.16 bits per heavy atom. The van der Waals surface area contributed by atoms with E-state index in [0.29, 0.717) is 18.2 Å². The summed E-state index contributed by atoms with van der Waals surface area (Å²) in [7, 11) is 0. The van der Waals surface area contributed by atoms with Gasteiger partial charge in [0, 0.05) is 6.61 Å². The van der Waals surface area contributed by atoms with Crippen molar-refractivity contribution in [3.05, 3.63) is 28.8 Å². The zero-order valence-electron chi connectivity index (χ0n) is 11.5. The summed E-state index contributed by atoms with van der Waals surface area (Å²) in [5, 5.41) is 3.66. The fourth-order valence-electron chi connectivity index (χ4n) is 1.56. The van der Waals surface area contributed by atoms with Crippen molar-refractivity contribution in [2.75, 3.05) is 25.1 Å². The molecule has 0 saturated carbocycles. The Morgan fingerprint density at radius 3 is 2.79 bits per heavy atom. The van der Waals surface area contributed by atoms with Gasteiger partial charge >= 0.3 is 5.97 Å². The topological polar surface area (TPSA) is 47.6 Å². The zero-order valence-corrected chi connectivity index (χ0v) is 12.3. The maximum Gasteiger partial charge on any atom is 0.328 e. The van der Waals surface area contributed by atoms with Crippen molar-refractivity contribution in [3.8, 4) is 0 Å². The van der Waals surface area contributed by atoms with E-state index in [2.05, 4.69) is 5.32 Å². The minimum absolute atomic E-state index is 0.264. The number of ether oxygens (including phenoxy) is 2. The van der Waals surface area contributed by atoms with Crippen LogP contribution >= 0.6 is 11.6 Å². The van der Waals surface area contributed by atoms with Crippen molar-refractivity contribution in [2.45, 2.75) is 26.8 Å². The number of rotatable bonds is 7. The smallest absolute Gasteiger partial charge is 0.328 e. The van der Waals surface area contributed by atoms with E-state index in [1.54, 1.807) is 13.0 Å². The van der Waals surface area contributed by atoms with E-state index in [-0.39, 0.29) is 12.6 Å². The lowest BCUT2D eigenvalue weighted by atomic mass is 10.2. The van der Waals surface area contributed by atoms with Crippen LogP contribution in [-0.2, 0) is 14.3 Å². The second kappa shape index (κ2) is 8.02. The van der Waals surface area contributed by atoms with Gasteiger partial charge in [0.05, 0.1) is 17.3 Å². The molecule has 0 aromatic heterocycles. The summed E-state index contributed by atoms with van der Waals surface area (Å²) in [6.45, 7) is 6.86. The highest BCUT2D eigenvalue weighted by Gasteiger charge is 2.16. The van der Waals surface area contributed by atoms with E-state index < -0.39 is 6.04 Å². The molecule has 1 N–H and O–H groups in total. The Balaban J connectivity index is 2.50. The van der Waals surface area contributed by atoms with Crippen molar-refractivity contribution in [3.63, 3.8) is 0 Å². The lowest BCUT2D eigenvalue weighted by molar-refractivity contribution is -0.145. The molecule has 0 radical (unpaired) electrons. The normalized spacial score (nSPS) is 12.0. The van der Waals surface area contributed by atoms with Crippen LogP contribution in [0.15, 0.2) is 18.2 Å². The number of hydrogen-bond donors (Lipinski definition) is 1. The van der Waals surface area contributed by atoms with Crippen molar-refractivity contribution in [1.82, 2.24) is 0 Å². The van der Waals surface area contributed by atoms with E-state index in [1.807, 2.05) is 26.0 Å². The van der Waals surface area contributed by atoms with E-state index in [1.165, 1.54) is 0 Å². The van der Waals surface area contributed by atoms with Gasteiger partial charge in [0.1, 0.15) is 12.6 Å². The third kappa shape index (κ3) is 5.09. The molecule has 1 atom stereocenters. The lowest BCUT2D eigenvalue weighted by Gasteiger charge is -2.17. The minimum Gasteiger partial charge on any atom is -0.462 e. The molecule has 1 rings (SSSR count). The molecule has 0 aliphatic heterocycles. The molecule has 4 nitrogen and oxygen atoms in total. The van der Waals surface area contributed by atoms with Crippen LogP contribution in [0.2, 0.25) is 5.02 Å². The van der Waals surface area contributed by atoms with Gasteiger partial charge in [0.2, 0.25) is 0 Å². The number of carbonyl (C=O) groups is 1. The molecule has 19 heavy (non-hydrogen) atoms. The molecule has 1 aromatic carbocycles. The van der Waals surface area contributed by atoms with Crippen LogP contribution < -0.4 is 5.32 Å². The van der Waals surface area contributed by atoms with Crippen LogP contribution in [0.1, 0.15) is 19.4 Å². The first kappa shape index (κ1) is 15.8. The maximum absolute atomic E-state index is 11.7. The van der Waals surface area contributed by atoms with E-state index >= 15 is 0 Å². The summed E-state index contributed by atoms with van der Waals surface area (Å²) in [4.78, 5) is 11.7. The highest BCUT2D eigenvalue weighted by molar-refractivity contribution is 6.33. The molecule has 1 aromatic rings. The monoisotopic (exact) mass is 285 g/mol. The molecule has 0 fully saturated rings. The Bertz CT molecular complexity index is 403. The van der Waals surface area contributed by atoms with Gasteiger partial charge in [-0.1, -0.05) is 23.7 Å². The summed E-state index contributed by atoms with van der Waals surface area (Å²) in [6, 6.07) is 5.12. The first-order chi connectivity index (χ1) is 9.06. The average Bonchev–Trinajstić information content (AvgIpc) is 2.38. The quantitative estimate of drug-likeness (QED) is 0.618. The molecule has 0 aliphatic carbocycles. The molecule has 0 spiro atoms. The number of benzene rings is 1. The van der Waals surface area contributed by atoms with Crippen molar-refractivity contribution < 1.29 is 14.3 Å². The Kier molecular flexibility index (Phi) is 6.67. The van der Waals surface area contributed by atoms with Crippen LogP contribution in [0.25, 0.3) is 0 Å². The van der Waals surface area contributed by atoms with Gasteiger partial charge in [0.25, 0.3) is 0 Å². The third-order valence-electron chi connectivity index (χ3n) is 2.61. The molecule has 5 heteroatoms. The Hall–Kier alpha value is -1.26. The predicted molar refractivity (Wildman–Crippen MR) is 76.7 cm³/mol. The number of aryl methyl sites for hydroxylation is 1. The van der Waals surface area contributed by atoms with Crippen molar-refractivity contribution in [2.24, 2.45) is 0 Å². The van der Waals surface area contributed by atoms with Gasteiger partial charge in [-0.05, 0) is 32.4 Å². The molecule has 0 amide bonds. The number of hydrogen-bond acceptors (Lipinski definition) is 4. The number of halogens is 1. The number of carbonyl (C=O) groups excluding carboxylic acids is 1. The fourth-order valence-corrected chi connectivity index (χ4v) is 1.84. The van der Waals surface area contributed by atoms with E-state index in [4.69, 9.17) is 21.1 Å².